The summed E-state index contributed by atoms with van der Waals surface area (Å²) in [5.74, 6) is -0.915. The van der Waals surface area contributed by atoms with Crippen molar-refractivity contribution < 1.29 is 27.8 Å². The number of rotatable bonds is 3. The number of aromatic carboxylic acids is 1. The first-order valence-electron chi connectivity index (χ1n) is 6.98. The summed E-state index contributed by atoms with van der Waals surface area (Å²) in [4.78, 5) is 10.8. The van der Waals surface area contributed by atoms with Crippen molar-refractivity contribution in [2.24, 2.45) is 0 Å². The van der Waals surface area contributed by atoms with Crippen LogP contribution in [0.5, 0.6) is 5.88 Å². The SMILES string of the molecule is O=C(O)c1ccc(Cn2nc(C(F)(F)F)c3c2OCCC3)cc1. The van der Waals surface area contributed by atoms with Gasteiger partial charge in [-0.05, 0) is 30.5 Å². The molecule has 0 saturated carbocycles. The Bertz CT molecular complexity index is 736. The number of hydrogen-bond acceptors (Lipinski definition) is 3. The molecule has 0 bridgehead atoms. The normalized spacial score (nSPS) is 14.2. The quantitative estimate of drug-likeness (QED) is 0.942. The van der Waals surface area contributed by atoms with Gasteiger partial charge in [0.1, 0.15) is 0 Å². The Morgan fingerprint density at radius 1 is 1.30 bits per heavy atom. The van der Waals surface area contributed by atoms with Gasteiger partial charge in [0.25, 0.3) is 0 Å². The molecule has 1 aliphatic rings. The van der Waals surface area contributed by atoms with Crippen LogP contribution in [0.25, 0.3) is 0 Å². The lowest BCUT2D eigenvalue weighted by molar-refractivity contribution is -0.142. The zero-order valence-electron chi connectivity index (χ0n) is 11.9. The van der Waals surface area contributed by atoms with Crippen molar-refractivity contribution in [3.63, 3.8) is 0 Å². The zero-order chi connectivity index (χ0) is 16.6. The fraction of sp³-hybridized carbons (Fsp3) is 0.333. The van der Waals surface area contributed by atoms with E-state index in [0.29, 0.717) is 18.6 Å². The highest BCUT2D eigenvalue weighted by atomic mass is 19.4. The first-order chi connectivity index (χ1) is 10.9. The van der Waals surface area contributed by atoms with Crippen LogP contribution in [0.4, 0.5) is 13.2 Å². The van der Waals surface area contributed by atoms with Gasteiger partial charge in [0.05, 0.1) is 18.7 Å². The number of alkyl halides is 3. The van der Waals surface area contributed by atoms with Gasteiger partial charge in [0.2, 0.25) is 5.88 Å². The largest absolute Gasteiger partial charge is 0.478 e. The Hall–Kier alpha value is -2.51. The van der Waals surface area contributed by atoms with Gasteiger partial charge in [-0.3, -0.25) is 0 Å². The minimum Gasteiger partial charge on any atom is -0.478 e. The average Bonchev–Trinajstić information content (AvgIpc) is 2.87. The van der Waals surface area contributed by atoms with Crippen molar-refractivity contribution in [1.29, 1.82) is 0 Å². The molecule has 5 nitrogen and oxygen atoms in total. The molecule has 1 aliphatic heterocycles. The van der Waals surface area contributed by atoms with Crippen LogP contribution in [0.1, 0.15) is 33.6 Å². The number of ether oxygens (including phenoxy) is 1. The molecule has 122 valence electrons. The lowest BCUT2D eigenvalue weighted by atomic mass is 10.1. The van der Waals surface area contributed by atoms with E-state index in [1.54, 1.807) is 12.1 Å². The van der Waals surface area contributed by atoms with Crippen LogP contribution in [0.2, 0.25) is 0 Å². The summed E-state index contributed by atoms with van der Waals surface area (Å²) in [5, 5.41) is 12.5. The number of hydrogen-bond donors (Lipinski definition) is 1. The molecule has 2 aromatic rings. The second kappa shape index (κ2) is 5.60. The minimum atomic E-state index is -4.52. The van der Waals surface area contributed by atoms with E-state index in [2.05, 4.69) is 5.10 Å². The van der Waals surface area contributed by atoms with Gasteiger partial charge in [-0.2, -0.15) is 18.3 Å². The summed E-state index contributed by atoms with van der Waals surface area (Å²) < 4.78 is 45.8. The first-order valence-corrected chi connectivity index (χ1v) is 6.98. The third kappa shape index (κ3) is 3.01. The number of carbonyl (C=O) groups is 1. The third-order valence-electron chi connectivity index (χ3n) is 3.61. The summed E-state index contributed by atoms with van der Waals surface area (Å²) in [5.41, 5.74) is -0.0630. The van der Waals surface area contributed by atoms with Crippen LogP contribution in [0, 0.1) is 0 Å². The molecule has 0 spiro atoms. The highest BCUT2D eigenvalue weighted by Gasteiger charge is 2.40. The Labute approximate surface area is 129 Å². The molecular formula is C15H13F3N2O3. The second-order valence-electron chi connectivity index (χ2n) is 5.24. The Morgan fingerprint density at radius 2 is 2.00 bits per heavy atom. The van der Waals surface area contributed by atoms with E-state index in [4.69, 9.17) is 9.84 Å². The molecule has 3 rings (SSSR count). The summed E-state index contributed by atoms with van der Waals surface area (Å²) in [6.45, 7) is 0.437. The smallest absolute Gasteiger partial charge is 0.435 e. The Morgan fingerprint density at radius 3 is 2.61 bits per heavy atom. The van der Waals surface area contributed by atoms with Crippen molar-refractivity contribution in [2.75, 3.05) is 6.61 Å². The van der Waals surface area contributed by atoms with E-state index in [9.17, 15) is 18.0 Å². The highest BCUT2D eigenvalue weighted by molar-refractivity contribution is 5.87. The van der Waals surface area contributed by atoms with Crippen LogP contribution in [-0.2, 0) is 19.1 Å². The maximum atomic E-state index is 13.1. The molecule has 1 aromatic heterocycles. The standard InChI is InChI=1S/C15H13F3N2O3/c16-15(17,18)12-11-2-1-7-23-13(11)20(19-12)8-9-3-5-10(6-4-9)14(21)22/h3-6H,1-2,7-8H2,(H,21,22). The molecule has 0 fully saturated rings. The predicted molar refractivity (Wildman–Crippen MR) is 73.5 cm³/mol. The topological polar surface area (TPSA) is 64.3 Å². The van der Waals surface area contributed by atoms with E-state index in [1.807, 2.05) is 0 Å². The highest BCUT2D eigenvalue weighted by Crippen LogP contribution is 2.38. The van der Waals surface area contributed by atoms with Crippen molar-refractivity contribution in [2.45, 2.75) is 25.6 Å². The molecule has 23 heavy (non-hydrogen) atoms. The molecule has 0 atom stereocenters. The maximum absolute atomic E-state index is 13.1. The second-order valence-corrected chi connectivity index (χ2v) is 5.24. The molecule has 0 saturated heterocycles. The van der Waals surface area contributed by atoms with Gasteiger partial charge in [-0.15, -0.1) is 0 Å². The molecule has 8 heteroatoms. The average molecular weight is 326 g/mol. The zero-order valence-corrected chi connectivity index (χ0v) is 11.9. The van der Waals surface area contributed by atoms with E-state index in [0.717, 1.165) is 0 Å². The van der Waals surface area contributed by atoms with E-state index in [-0.39, 0.29) is 30.0 Å². The molecule has 1 aromatic carbocycles. The molecular weight excluding hydrogens is 313 g/mol. The first kappa shape index (κ1) is 15.4. The summed E-state index contributed by atoms with van der Waals surface area (Å²) in [6, 6.07) is 5.90. The van der Waals surface area contributed by atoms with Gasteiger partial charge < -0.3 is 9.84 Å². The van der Waals surface area contributed by atoms with Crippen LogP contribution in [-0.4, -0.2) is 27.5 Å². The number of carboxylic acid groups (broad SMARTS) is 1. The van der Waals surface area contributed by atoms with Crippen LogP contribution in [0.3, 0.4) is 0 Å². The number of nitrogens with zero attached hydrogens (tertiary/aromatic N) is 2. The van der Waals surface area contributed by atoms with E-state index >= 15 is 0 Å². The fourth-order valence-corrected chi connectivity index (χ4v) is 2.55. The molecule has 0 unspecified atom stereocenters. The van der Waals surface area contributed by atoms with Crippen molar-refractivity contribution in [3.05, 3.63) is 46.6 Å². The van der Waals surface area contributed by atoms with Gasteiger partial charge in [0, 0.05) is 5.56 Å². The molecule has 2 heterocycles. The number of halogens is 3. The Kier molecular flexibility index (Phi) is 3.75. The molecule has 0 amide bonds. The number of fused-ring (bicyclic) bond motifs is 1. The summed E-state index contributed by atoms with van der Waals surface area (Å²) in [6.07, 6.45) is -3.72. The number of carboxylic acids is 1. The van der Waals surface area contributed by atoms with Crippen LogP contribution >= 0.6 is 0 Å². The van der Waals surface area contributed by atoms with E-state index < -0.39 is 17.8 Å². The summed E-state index contributed by atoms with van der Waals surface area (Å²) >= 11 is 0. The third-order valence-corrected chi connectivity index (χ3v) is 3.61. The van der Waals surface area contributed by atoms with Crippen molar-refractivity contribution in [3.8, 4) is 5.88 Å². The van der Waals surface area contributed by atoms with Gasteiger partial charge >= 0.3 is 12.1 Å². The monoisotopic (exact) mass is 326 g/mol. The summed E-state index contributed by atoms with van der Waals surface area (Å²) in [7, 11) is 0. The molecule has 1 N–H and O–H groups in total. The van der Waals surface area contributed by atoms with Gasteiger partial charge in [0.15, 0.2) is 5.69 Å². The lowest BCUT2D eigenvalue weighted by Gasteiger charge is -2.16. The fourth-order valence-electron chi connectivity index (χ4n) is 2.55. The number of benzene rings is 1. The van der Waals surface area contributed by atoms with Crippen LogP contribution < -0.4 is 4.74 Å². The molecule has 0 aliphatic carbocycles. The van der Waals surface area contributed by atoms with E-state index in [1.165, 1.54) is 16.8 Å². The maximum Gasteiger partial charge on any atom is 0.435 e. The minimum absolute atomic E-state index is 0.0817. The van der Waals surface area contributed by atoms with Gasteiger partial charge in [-0.1, -0.05) is 12.1 Å². The number of aromatic nitrogens is 2. The van der Waals surface area contributed by atoms with Gasteiger partial charge in [-0.25, -0.2) is 9.48 Å². The lowest BCUT2D eigenvalue weighted by Crippen LogP contribution is -2.13. The predicted octanol–water partition coefficient (Wildman–Crippen LogP) is 2.97. The van der Waals surface area contributed by atoms with Crippen molar-refractivity contribution >= 4 is 5.97 Å². The Balaban J connectivity index is 1.93. The van der Waals surface area contributed by atoms with Crippen molar-refractivity contribution in [1.82, 2.24) is 9.78 Å². The molecule has 0 radical (unpaired) electrons. The van der Waals surface area contributed by atoms with Crippen LogP contribution in [0.15, 0.2) is 24.3 Å².